The van der Waals surface area contributed by atoms with Crippen molar-refractivity contribution in [3.05, 3.63) is 29.8 Å². The van der Waals surface area contributed by atoms with E-state index in [-0.39, 0.29) is 12.0 Å². The molecule has 0 radical (unpaired) electrons. The number of likely N-dealkylation sites (N-methyl/N-ethyl adjacent to an activating group) is 1. The maximum atomic E-state index is 11.9. The fourth-order valence-corrected chi connectivity index (χ4v) is 2.76. The molecule has 7 heteroatoms. The zero-order valence-corrected chi connectivity index (χ0v) is 15.3. The quantitative estimate of drug-likeness (QED) is 0.522. The largest absolute Gasteiger partial charge is 0.391 e. The summed E-state index contributed by atoms with van der Waals surface area (Å²) in [6.45, 7) is 5.12. The van der Waals surface area contributed by atoms with Crippen LogP contribution in [0.4, 0.5) is 5.69 Å². The first-order valence-electron chi connectivity index (χ1n) is 8.72. The van der Waals surface area contributed by atoms with Crippen LogP contribution in [0.3, 0.4) is 0 Å². The van der Waals surface area contributed by atoms with Gasteiger partial charge in [0.25, 0.3) is 0 Å². The van der Waals surface area contributed by atoms with E-state index in [2.05, 4.69) is 20.5 Å². The molecule has 25 heavy (non-hydrogen) atoms. The van der Waals surface area contributed by atoms with E-state index in [4.69, 9.17) is 0 Å². The Morgan fingerprint density at radius 3 is 2.88 bits per heavy atom. The van der Waals surface area contributed by atoms with Crippen LogP contribution in [0.1, 0.15) is 18.9 Å². The molecule has 1 heterocycles. The lowest BCUT2D eigenvalue weighted by Crippen LogP contribution is -2.40. The Bertz CT molecular complexity index is 603. The maximum Gasteiger partial charge on any atom is 0.238 e. The molecule has 0 spiro atoms. The fourth-order valence-electron chi connectivity index (χ4n) is 2.76. The van der Waals surface area contributed by atoms with E-state index in [1.807, 2.05) is 50.2 Å². The molecule has 1 amide bonds. The number of amides is 1. The van der Waals surface area contributed by atoms with Gasteiger partial charge in [0.05, 0.1) is 19.2 Å². The zero-order valence-electron chi connectivity index (χ0n) is 15.3. The predicted molar refractivity (Wildman–Crippen MR) is 101 cm³/mol. The lowest BCUT2D eigenvalue weighted by molar-refractivity contribution is -0.116. The second kappa shape index (κ2) is 9.39. The molecule has 0 aliphatic carbocycles. The van der Waals surface area contributed by atoms with Crippen LogP contribution in [0.15, 0.2) is 29.3 Å². The summed E-state index contributed by atoms with van der Waals surface area (Å²) in [5, 5.41) is 15.9. The highest BCUT2D eigenvalue weighted by molar-refractivity contribution is 5.92. The third-order valence-electron chi connectivity index (χ3n) is 3.88. The number of nitrogens with zero attached hydrogens (tertiary/aromatic N) is 3. The topological polar surface area (TPSA) is 80.2 Å². The average Bonchev–Trinajstić information content (AvgIpc) is 2.97. The number of benzene rings is 1. The highest BCUT2D eigenvalue weighted by Gasteiger charge is 2.22. The predicted octanol–water partition coefficient (Wildman–Crippen LogP) is 0.719. The molecule has 138 valence electrons. The van der Waals surface area contributed by atoms with Gasteiger partial charge in [0.15, 0.2) is 5.96 Å². The van der Waals surface area contributed by atoms with E-state index in [1.165, 1.54) is 0 Å². The van der Waals surface area contributed by atoms with Crippen molar-refractivity contribution in [3.63, 3.8) is 0 Å². The summed E-state index contributed by atoms with van der Waals surface area (Å²) in [6.07, 6.45) is 0.497. The minimum Gasteiger partial charge on any atom is -0.391 e. The van der Waals surface area contributed by atoms with Crippen molar-refractivity contribution in [1.29, 1.82) is 0 Å². The van der Waals surface area contributed by atoms with Gasteiger partial charge in [-0.2, -0.15) is 0 Å². The van der Waals surface area contributed by atoms with Crippen LogP contribution >= 0.6 is 0 Å². The molecule has 0 unspecified atom stereocenters. The summed E-state index contributed by atoms with van der Waals surface area (Å²) >= 11 is 0. The SMILES string of the molecule is CCNC(=NCc1cccc(NC(=O)CN(C)C)c1)N1CC[C@@H](O)C1. The number of nitrogens with one attached hydrogen (secondary N) is 2. The van der Waals surface area contributed by atoms with Gasteiger partial charge in [0, 0.05) is 25.3 Å². The van der Waals surface area contributed by atoms with Crippen LogP contribution < -0.4 is 10.6 Å². The number of rotatable bonds is 6. The lowest BCUT2D eigenvalue weighted by atomic mass is 10.2. The number of aliphatic imine (C=N–C) groups is 1. The number of guanidine groups is 1. The van der Waals surface area contributed by atoms with Crippen molar-refractivity contribution >= 4 is 17.6 Å². The van der Waals surface area contributed by atoms with Gasteiger partial charge in [-0.3, -0.25) is 4.79 Å². The molecule has 1 aromatic carbocycles. The first-order chi connectivity index (χ1) is 12.0. The molecular formula is C18H29N5O2. The molecule has 1 aliphatic heterocycles. The van der Waals surface area contributed by atoms with Crippen molar-refractivity contribution in [2.45, 2.75) is 26.0 Å². The molecule has 7 nitrogen and oxygen atoms in total. The standard InChI is InChI=1S/C18H29N5O2/c1-4-19-18(23-9-8-16(24)12-23)20-11-14-6-5-7-15(10-14)21-17(25)13-22(2)3/h5-7,10,16,24H,4,8-9,11-13H2,1-3H3,(H,19,20)(H,21,25)/t16-/m1/s1. The van der Waals surface area contributed by atoms with Crippen molar-refractivity contribution in [2.24, 2.45) is 4.99 Å². The second-order valence-corrected chi connectivity index (χ2v) is 6.55. The Labute approximate surface area is 149 Å². The summed E-state index contributed by atoms with van der Waals surface area (Å²) in [4.78, 5) is 20.4. The Balaban J connectivity index is 2.00. The number of likely N-dealkylation sites (tertiary alicyclic amines) is 1. The number of anilines is 1. The number of aliphatic hydroxyl groups excluding tert-OH is 1. The molecule has 3 N–H and O–H groups in total. The number of hydrogen-bond acceptors (Lipinski definition) is 4. The van der Waals surface area contributed by atoms with Gasteiger partial charge >= 0.3 is 0 Å². The highest BCUT2D eigenvalue weighted by atomic mass is 16.3. The summed E-state index contributed by atoms with van der Waals surface area (Å²) in [5.74, 6) is 0.783. The summed E-state index contributed by atoms with van der Waals surface area (Å²) in [7, 11) is 3.73. The monoisotopic (exact) mass is 347 g/mol. The van der Waals surface area contributed by atoms with Gasteiger partial charge < -0.3 is 25.5 Å². The van der Waals surface area contributed by atoms with Gasteiger partial charge in [0.2, 0.25) is 5.91 Å². The molecule has 1 aliphatic rings. The number of aliphatic hydroxyl groups is 1. The first kappa shape index (κ1) is 19.2. The molecule has 0 bridgehead atoms. The van der Waals surface area contributed by atoms with Crippen molar-refractivity contribution in [1.82, 2.24) is 15.1 Å². The summed E-state index contributed by atoms with van der Waals surface area (Å²) < 4.78 is 0. The van der Waals surface area contributed by atoms with Crippen LogP contribution in [0.5, 0.6) is 0 Å². The lowest BCUT2D eigenvalue weighted by Gasteiger charge is -2.21. The van der Waals surface area contributed by atoms with Crippen LogP contribution in [0.25, 0.3) is 0 Å². The molecule has 1 saturated heterocycles. The van der Waals surface area contributed by atoms with E-state index < -0.39 is 0 Å². The molecule has 0 saturated carbocycles. The molecular weight excluding hydrogens is 318 g/mol. The Morgan fingerprint density at radius 1 is 1.44 bits per heavy atom. The summed E-state index contributed by atoms with van der Waals surface area (Å²) in [5.41, 5.74) is 1.80. The number of hydrogen-bond donors (Lipinski definition) is 3. The third kappa shape index (κ3) is 6.36. The summed E-state index contributed by atoms with van der Waals surface area (Å²) in [6, 6.07) is 7.73. The van der Waals surface area contributed by atoms with Crippen LogP contribution in [-0.4, -0.2) is 73.2 Å². The Kier molecular flexibility index (Phi) is 7.21. The van der Waals surface area contributed by atoms with Crippen molar-refractivity contribution < 1.29 is 9.90 Å². The van der Waals surface area contributed by atoms with Crippen molar-refractivity contribution in [3.8, 4) is 0 Å². The zero-order chi connectivity index (χ0) is 18.2. The van der Waals surface area contributed by atoms with Gasteiger partial charge in [0.1, 0.15) is 0 Å². The highest BCUT2D eigenvalue weighted by Crippen LogP contribution is 2.13. The maximum absolute atomic E-state index is 11.9. The van der Waals surface area contributed by atoms with E-state index in [1.54, 1.807) is 0 Å². The molecule has 1 aromatic rings. The number of carbonyl (C=O) groups excluding carboxylic acids is 1. The number of β-amino-alcohol motifs (C(OH)–C–C–N with tert-alkyl or cyclic N) is 1. The van der Waals surface area contributed by atoms with Crippen LogP contribution in [0.2, 0.25) is 0 Å². The number of carbonyl (C=O) groups is 1. The van der Waals surface area contributed by atoms with E-state index in [9.17, 15) is 9.90 Å². The minimum atomic E-state index is -0.279. The van der Waals surface area contributed by atoms with Crippen molar-refractivity contribution in [2.75, 3.05) is 45.6 Å². The average molecular weight is 347 g/mol. The first-order valence-corrected chi connectivity index (χ1v) is 8.72. The minimum absolute atomic E-state index is 0.0370. The third-order valence-corrected chi connectivity index (χ3v) is 3.88. The smallest absolute Gasteiger partial charge is 0.238 e. The van der Waals surface area contributed by atoms with E-state index in [0.29, 0.717) is 19.6 Å². The molecule has 2 rings (SSSR count). The molecule has 1 atom stereocenters. The Morgan fingerprint density at radius 2 is 2.24 bits per heavy atom. The van der Waals surface area contributed by atoms with Crippen LogP contribution in [0, 0.1) is 0 Å². The van der Waals surface area contributed by atoms with Crippen LogP contribution in [-0.2, 0) is 11.3 Å². The normalized spacial score (nSPS) is 17.9. The van der Waals surface area contributed by atoms with E-state index in [0.717, 1.165) is 36.7 Å². The molecule has 1 fully saturated rings. The van der Waals surface area contributed by atoms with Gasteiger partial charge in [-0.1, -0.05) is 12.1 Å². The molecule has 0 aromatic heterocycles. The van der Waals surface area contributed by atoms with Gasteiger partial charge in [-0.05, 0) is 45.1 Å². The van der Waals surface area contributed by atoms with Gasteiger partial charge in [-0.15, -0.1) is 0 Å². The second-order valence-electron chi connectivity index (χ2n) is 6.55. The fraction of sp³-hybridized carbons (Fsp3) is 0.556. The van der Waals surface area contributed by atoms with E-state index >= 15 is 0 Å². The van der Waals surface area contributed by atoms with Gasteiger partial charge in [-0.25, -0.2) is 4.99 Å². The Hall–Kier alpha value is -2.12.